The summed E-state index contributed by atoms with van der Waals surface area (Å²) in [6.45, 7) is 0.810. The lowest BCUT2D eigenvalue weighted by atomic mass is 9.74. The van der Waals surface area contributed by atoms with E-state index in [1.54, 1.807) is 0 Å². The van der Waals surface area contributed by atoms with E-state index in [0.717, 1.165) is 43.1 Å². The van der Waals surface area contributed by atoms with Crippen molar-refractivity contribution < 1.29 is 0 Å². The summed E-state index contributed by atoms with van der Waals surface area (Å²) in [7, 11) is 0. The Kier molecular flexibility index (Phi) is 8.49. The number of hydrogen-bond acceptors (Lipinski definition) is 4. The molecule has 3 N–H and O–H groups in total. The molecule has 0 atom stereocenters. The second-order valence-corrected chi connectivity index (χ2v) is 8.08. The van der Waals surface area contributed by atoms with Crippen LogP contribution in [0.5, 0.6) is 0 Å². The highest BCUT2D eigenvalue weighted by Gasteiger charge is 2.34. The van der Waals surface area contributed by atoms with Crippen molar-refractivity contribution in [2.45, 2.75) is 43.8 Å². The predicted molar refractivity (Wildman–Crippen MR) is 127 cm³/mol. The maximum atomic E-state index is 8.90. The van der Waals surface area contributed by atoms with Gasteiger partial charge in [0.25, 0.3) is 0 Å². The minimum atomic E-state index is -0.332. The summed E-state index contributed by atoms with van der Waals surface area (Å²) in [6.07, 6.45) is 5.76. The lowest BCUT2D eigenvalue weighted by Gasteiger charge is -2.38. The van der Waals surface area contributed by atoms with Gasteiger partial charge in [0.1, 0.15) is 0 Å². The van der Waals surface area contributed by atoms with Crippen molar-refractivity contribution in [1.82, 2.24) is 10.3 Å². The molecule has 0 saturated heterocycles. The predicted octanol–water partition coefficient (Wildman–Crippen LogP) is 5.49. The first-order chi connectivity index (χ1) is 13.6. The summed E-state index contributed by atoms with van der Waals surface area (Å²) in [4.78, 5) is 4.45. The molecule has 0 unspecified atom stereocenters. The molecule has 1 aliphatic carbocycles. The van der Waals surface area contributed by atoms with Crippen molar-refractivity contribution in [3.63, 3.8) is 0 Å². The first-order valence-electron chi connectivity index (χ1n) is 9.63. The Balaban J connectivity index is 0.00000160. The maximum Gasteiger partial charge on any atom is 0.0991 e. The number of fused-ring (bicyclic) bond motifs is 1. The SMILES string of the molecule is Cl.Cl.N#Cc1ccc(CNC2CCC(N)(c3ccnc4cc(Cl)ccc34)CC2)cc1. The van der Waals surface area contributed by atoms with E-state index in [-0.39, 0.29) is 30.4 Å². The number of aromatic nitrogens is 1. The molecule has 1 aliphatic rings. The van der Waals surface area contributed by atoms with Gasteiger partial charge in [-0.15, -0.1) is 24.8 Å². The van der Waals surface area contributed by atoms with Crippen LogP contribution in [0.25, 0.3) is 10.9 Å². The molecule has 0 radical (unpaired) electrons. The number of halogens is 3. The van der Waals surface area contributed by atoms with E-state index in [2.05, 4.69) is 22.4 Å². The number of nitrogens with one attached hydrogen (secondary N) is 1. The van der Waals surface area contributed by atoms with Crippen LogP contribution in [0.4, 0.5) is 0 Å². The standard InChI is InChI=1S/C23H23ClN4.2ClH/c24-18-5-6-20-21(9-12-27-22(20)13-18)23(26)10-7-19(8-11-23)28-15-17-3-1-16(14-25)2-4-17;;/h1-6,9,12-13,19,28H,7-8,10-11,15,26H2;2*1H. The Hall–Kier alpha value is -1.87. The van der Waals surface area contributed by atoms with Crippen LogP contribution in [0, 0.1) is 11.3 Å². The molecule has 7 heteroatoms. The minimum Gasteiger partial charge on any atom is -0.321 e. The number of nitrogens with two attached hydrogens (primary N) is 1. The zero-order valence-corrected chi connectivity index (χ0v) is 18.9. The van der Waals surface area contributed by atoms with Crippen LogP contribution in [-0.4, -0.2) is 11.0 Å². The smallest absolute Gasteiger partial charge is 0.0991 e. The number of benzene rings is 2. The van der Waals surface area contributed by atoms with Crippen molar-refractivity contribution in [1.29, 1.82) is 5.26 Å². The van der Waals surface area contributed by atoms with Crippen LogP contribution in [0.1, 0.15) is 42.4 Å². The van der Waals surface area contributed by atoms with Crippen LogP contribution in [0.15, 0.2) is 54.7 Å². The Morgan fingerprint density at radius 1 is 1.10 bits per heavy atom. The monoisotopic (exact) mass is 462 g/mol. The molecule has 158 valence electrons. The third kappa shape index (κ3) is 5.24. The second-order valence-electron chi connectivity index (χ2n) is 7.64. The van der Waals surface area contributed by atoms with E-state index < -0.39 is 0 Å². The van der Waals surface area contributed by atoms with Gasteiger partial charge in [0.15, 0.2) is 0 Å². The second kappa shape index (κ2) is 10.4. The molecule has 4 nitrogen and oxygen atoms in total. The van der Waals surface area contributed by atoms with Gasteiger partial charge < -0.3 is 11.1 Å². The largest absolute Gasteiger partial charge is 0.321 e. The molecular formula is C23H25Cl3N4. The molecule has 0 spiro atoms. The van der Waals surface area contributed by atoms with Crippen molar-refractivity contribution in [2.75, 3.05) is 0 Å². The topological polar surface area (TPSA) is 74.7 Å². The normalized spacial score (nSPS) is 20.6. The summed E-state index contributed by atoms with van der Waals surface area (Å²) in [5.74, 6) is 0. The number of pyridine rings is 1. The first-order valence-corrected chi connectivity index (χ1v) is 10.0. The van der Waals surface area contributed by atoms with Crippen LogP contribution >= 0.6 is 36.4 Å². The van der Waals surface area contributed by atoms with E-state index in [1.165, 1.54) is 11.1 Å². The van der Waals surface area contributed by atoms with Gasteiger partial charge in [-0.3, -0.25) is 4.98 Å². The molecule has 0 amide bonds. The van der Waals surface area contributed by atoms with Crippen molar-refractivity contribution >= 4 is 47.3 Å². The molecule has 4 rings (SSSR count). The lowest BCUT2D eigenvalue weighted by molar-refractivity contribution is 0.252. The molecule has 30 heavy (non-hydrogen) atoms. The number of nitrogens with zero attached hydrogens (tertiary/aromatic N) is 2. The van der Waals surface area contributed by atoms with E-state index in [0.29, 0.717) is 16.6 Å². The summed E-state index contributed by atoms with van der Waals surface area (Å²) < 4.78 is 0. The Bertz CT molecular complexity index is 1020. The molecule has 1 fully saturated rings. The first kappa shape index (κ1) is 24.4. The van der Waals surface area contributed by atoms with Crippen LogP contribution < -0.4 is 11.1 Å². The molecule has 1 aromatic heterocycles. The van der Waals surface area contributed by atoms with E-state index in [1.807, 2.05) is 48.7 Å². The van der Waals surface area contributed by atoms with Crippen molar-refractivity contribution in [3.05, 3.63) is 76.4 Å². The van der Waals surface area contributed by atoms with Gasteiger partial charge >= 0.3 is 0 Å². The van der Waals surface area contributed by atoms with Gasteiger partial charge in [0.2, 0.25) is 0 Å². The highest BCUT2D eigenvalue weighted by atomic mass is 35.5. The third-order valence-corrected chi connectivity index (χ3v) is 6.03. The average Bonchev–Trinajstić information content (AvgIpc) is 2.73. The number of nitriles is 1. The zero-order valence-electron chi connectivity index (χ0n) is 16.5. The average molecular weight is 464 g/mol. The van der Waals surface area contributed by atoms with E-state index >= 15 is 0 Å². The van der Waals surface area contributed by atoms with Crippen LogP contribution in [0.2, 0.25) is 5.02 Å². The molecule has 2 aromatic carbocycles. The lowest BCUT2D eigenvalue weighted by Crippen LogP contribution is -2.45. The van der Waals surface area contributed by atoms with Gasteiger partial charge in [0.05, 0.1) is 17.1 Å². The molecule has 0 bridgehead atoms. The Morgan fingerprint density at radius 3 is 2.47 bits per heavy atom. The van der Waals surface area contributed by atoms with E-state index in [4.69, 9.17) is 22.6 Å². The third-order valence-electron chi connectivity index (χ3n) is 5.80. The highest BCUT2D eigenvalue weighted by molar-refractivity contribution is 6.31. The summed E-state index contributed by atoms with van der Waals surface area (Å²) in [5.41, 5.74) is 10.5. The molecular weight excluding hydrogens is 439 g/mol. The minimum absolute atomic E-state index is 0. The van der Waals surface area contributed by atoms with Gasteiger partial charge in [0, 0.05) is 34.7 Å². The highest BCUT2D eigenvalue weighted by Crippen LogP contribution is 2.38. The molecule has 3 aromatic rings. The van der Waals surface area contributed by atoms with Gasteiger partial charge in [-0.2, -0.15) is 5.26 Å². The van der Waals surface area contributed by atoms with E-state index in [9.17, 15) is 0 Å². The Labute approximate surface area is 194 Å². The fraction of sp³-hybridized carbons (Fsp3) is 0.304. The fourth-order valence-corrected chi connectivity index (χ4v) is 4.29. The van der Waals surface area contributed by atoms with Gasteiger partial charge in [-0.05, 0) is 67.1 Å². The van der Waals surface area contributed by atoms with Crippen molar-refractivity contribution in [3.8, 4) is 6.07 Å². The molecule has 1 heterocycles. The number of hydrogen-bond donors (Lipinski definition) is 2. The number of rotatable bonds is 4. The Morgan fingerprint density at radius 2 is 1.80 bits per heavy atom. The zero-order chi connectivity index (χ0) is 19.6. The summed E-state index contributed by atoms with van der Waals surface area (Å²) in [6, 6.07) is 18.2. The van der Waals surface area contributed by atoms with Crippen LogP contribution in [0.3, 0.4) is 0 Å². The summed E-state index contributed by atoms with van der Waals surface area (Å²) >= 11 is 6.12. The van der Waals surface area contributed by atoms with Crippen molar-refractivity contribution in [2.24, 2.45) is 5.73 Å². The van der Waals surface area contributed by atoms with Gasteiger partial charge in [-0.25, -0.2) is 0 Å². The molecule has 1 saturated carbocycles. The van der Waals surface area contributed by atoms with Gasteiger partial charge in [-0.1, -0.05) is 29.8 Å². The maximum absolute atomic E-state index is 8.90. The fourth-order valence-electron chi connectivity index (χ4n) is 4.12. The van der Waals surface area contributed by atoms with Crippen LogP contribution in [-0.2, 0) is 12.1 Å². The quantitative estimate of drug-likeness (QED) is 0.536. The summed E-state index contributed by atoms with van der Waals surface area (Å²) in [5, 5.41) is 14.3. The molecule has 0 aliphatic heterocycles.